The summed E-state index contributed by atoms with van der Waals surface area (Å²) in [6, 6.07) is 0.0633. The number of nitrogens with one attached hydrogen (secondary N) is 1. The van der Waals surface area contributed by atoms with Crippen molar-refractivity contribution in [2.24, 2.45) is 0 Å². The third-order valence-corrected chi connectivity index (χ3v) is 3.24. The molecule has 1 N–H and O–H groups in total. The van der Waals surface area contributed by atoms with Crippen molar-refractivity contribution in [1.82, 2.24) is 15.1 Å². The number of hydrogen-bond acceptors (Lipinski definition) is 4. The molecule has 0 radical (unpaired) electrons. The van der Waals surface area contributed by atoms with E-state index >= 15 is 0 Å². The van der Waals surface area contributed by atoms with Gasteiger partial charge in [-0.05, 0) is 19.4 Å². The van der Waals surface area contributed by atoms with Crippen LogP contribution >= 0.6 is 11.6 Å². The van der Waals surface area contributed by atoms with Gasteiger partial charge in [0.05, 0.1) is 42.7 Å². The zero-order valence-electron chi connectivity index (χ0n) is 12.7. The highest BCUT2D eigenvalue weighted by Crippen LogP contribution is 2.23. The van der Waals surface area contributed by atoms with Gasteiger partial charge in [0.2, 0.25) is 0 Å². The number of rotatable bonds is 11. The van der Waals surface area contributed by atoms with Crippen molar-refractivity contribution in [3.05, 3.63) is 16.9 Å². The molecule has 0 aliphatic carbocycles. The Morgan fingerprint density at radius 1 is 1.35 bits per heavy atom. The lowest BCUT2D eigenvalue weighted by atomic mass is 10.2. The number of nitrogens with zero attached hydrogens (tertiary/aromatic N) is 2. The van der Waals surface area contributed by atoms with Crippen LogP contribution in [-0.2, 0) is 16.0 Å². The fourth-order valence-electron chi connectivity index (χ4n) is 1.97. The molecule has 116 valence electrons. The summed E-state index contributed by atoms with van der Waals surface area (Å²) in [6.07, 6.45) is 3.76. The van der Waals surface area contributed by atoms with Gasteiger partial charge < -0.3 is 14.8 Å². The zero-order chi connectivity index (χ0) is 14.8. The predicted molar refractivity (Wildman–Crippen MR) is 81.3 cm³/mol. The van der Waals surface area contributed by atoms with Gasteiger partial charge in [0.15, 0.2) is 0 Å². The second-order valence-electron chi connectivity index (χ2n) is 4.68. The average Bonchev–Trinajstić information content (AvgIpc) is 2.81. The molecule has 6 heteroatoms. The molecule has 1 aromatic heterocycles. The second-order valence-corrected chi connectivity index (χ2v) is 5.08. The summed E-state index contributed by atoms with van der Waals surface area (Å²) in [5.41, 5.74) is 0.980. The largest absolute Gasteiger partial charge is 0.383 e. The van der Waals surface area contributed by atoms with Crippen molar-refractivity contribution >= 4 is 11.6 Å². The maximum Gasteiger partial charge on any atom is 0.0835 e. The molecular weight excluding hydrogens is 278 g/mol. The van der Waals surface area contributed by atoms with Crippen molar-refractivity contribution in [3.8, 4) is 0 Å². The molecule has 0 saturated carbocycles. The van der Waals surface area contributed by atoms with Gasteiger partial charge in [0, 0.05) is 13.7 Å². The molecule has 1 atom stereocenters. The van der Waals surface area contributed by atoms with E-state index in [9.17, 15) is 0 Å². The first-order valence-corrected chi connectivity index (χ1v) is 7.63. The van der Waals surface area contributed by atoms with E-state index in [0.29, 0.717) is 24.8 Å². The minimum absolute atomic E-state index is 0.0633. The van der Waals surface area contributed by atoms with Gasteiger partial charge in [0.25, 0.3) is 0 Å². The van der Waals surface area contributed by atoms with Gasteiger partial charge in [-0.15, -0.1) is 0 Å². The van der Waals surface area contributed by atoms with E-state index in [4.69, 9.17) is 21.1 Å². The molecule has 20 heavy (non-hydrogen) atoms. The van der Waals surface area contributed by atoms with Crippen LogP contribution in [0.25, 0.3) is 0 Å². The number of halogens is 1. The van der Waals surface area contributed by atoms with Crippen LogP contribution in [0.3, 0.4) is 0 Å². The van der Waals surface area contributed by atoms with E-state index < -0.39 is 0 Å². The van der Waals surface area contributed by atoms with Gasteiger partial charge in [-0.3, -0.25) is 4.68 Å². The van der Waals surface area contributed by atoms with E-state index in [1.54, 1.807) is 13.3 Å². The monoisotopic (exact) mass is 303 g/mol. The maximum atomic E-state index is 6.29. The van der Waals surface area contributed by atoms with Crippen LogP contribution in [0.4, 0.5) is 0 Å². The molecule has 0 aromatic carbocycles. The maximum absolute atomic E-state index is 6.29. The van der Waals surface area contributed by atoms with Crippen LogP contribution in [0.5, 0.6) is 0 Å². The quantitative estimate of drug-likeness (QED) is 0.639. The molecule has 0 fully saturated rings. The smallest absolute Gasteiger partial charge is 0.0835 e. The molecule has 1 rings (SSSR count). The fourth-order valence-corrected chi connectivity index (χ4v) is 2.25. The van der Waals surface area contributed by atoms with Crippen molar-refractivity contribution in [3.63, 3.8) is 0 Å². The SMILES string of the molecule is CCCNC(COCCC)c1c(Cl)cnn1CCOC. The van der Waals surface area contributed by atoms with Crippen LogP contribution in [-0.4, -0.2) is 43.3 Å². The molecule has 1 heterocycles. The topological polar surface area (TPSA) is 48.3 Å². The van der Waals surface area contributed by atoms with E-state index in [1.165, 1.54) is 0 Å². The summed E-state index contributed by atoms with van der Waals surface area (Å²) >= 11 is 6.29. The molecule has 5 nitrogen and oxygen atoms in total. The first kappa shape index (κ1) is 17.4. The molecule has 0 aliphatic heterocycles. The Morgan fingerprint density at radius 3 is 2.80 bits per heavy atom. The highest BCUT2D eigenvalue weighted by molar-refractivity contribution is 6.31. The van der Waals surface area contributed by atoms with Crippen LogP contribution in [0.2, 0.25) is 5.02 Å². The minimum atomic E-state index is 0.0633. The van der Waals surface area contributed by atoms with Crippen LogP contribution in [0.1, 0.15) is 38.4 Å². The van der Waals surface area contributed by atoms with Gasteiger partial charge in [0.1, 0.15) is 0 Å². The minimum Gasteiger partial charge on any atom is -0.383 e. The number of ether oxygens (including phenoxy) is 2. The van der Waals surface area contributed by atoms with Crippen molar-refractivity contribution in [1.29, 1.82) is 0 Å². The van der Waals surface area contributed by atoms with Crippen LogP contribution in [0, 0.1) is 0 Å². The standard InChI is InChI=1S/C14H26ClN3O2/c1-4-6-16-13(11-20-8-5-2)14-12(15)10-17-18(14)7-9-19-3/h10,13,16H,4-9,11H2,1-3H3. The van der Waals surface area contributed by atoms with E-state index in [-0.39, 0.29) is 6.04 Å². The Labute approximate surface area is 126 Å². The summed E-state index contributed by atoms with van der Waals surface area (Å²) in [4.78, 5) is 0. The van der Waals surface area contributed by atoms with Crippen LogP contribution < -0.4 is 5.32 Å². The molecule has 0 saturated heterocycles. The number of hydrogen-bond donors (Lipinski definition) is 1. The van der Waals surface area contributed by atoms with E-state index in [1.807, 2.05) is 4.68 Å². The first-order valence-electron chi connectivity index (χ1n) is 7.25. The van der Waals surface area contributed by atoms with Crippen molar-refractivity contribution in [2.75, 3.05) is 33.5 Å². The van der Waals surface area contributed by atoms with Gasteiger partial charge in [-0.2, -0.15) is 5.10 Å². The normalized spacial score (nSPS) is 12.8. The number of aromatic nitrogens is 2. The van der Waals surface area contributed by atoms with Gasteiger partial charge >= 0.3 is 0 Å². The van der Waals surface area contributed by atoms with E-state index in [0.717, 1.165) is 31.7 Å². The second kappa shape index (κ2) is 10.2. The first-order chi connectivity index (χ1) is 9.74. The molecule has 1 aromatic rings. The third kappa shape index (κ3) is 5.40. The Hall–Kier alpha value is -0.620. The predicted octanol–water partition coefficient (Wildman–Crippen LogP) is 2.65. The average molecular weight is 304 g/mol. The molecule has 1 unspecified atom stereocenters. The molecule has 0 amide bonds. The highest BCUT2D eigenvalue weighted by atomic mass is 35.5. The Bertz CT molecular complexity index is 371. The van der Waals surface area contributed by atoms with Crippen LogP contribution in [0.15, 0.2) is 6.20 Å². The Kier molecular flexibility index (Phi) is 8.85. The van der Waals surface area contributed by atoms with Gasteiger partial charge in [-0.25, -0.2) is 0 Å². The molecule has 0 spiro atoms. The third-order valence-electron chi connectivity index (χ3n) is 2.94. The van der Waals surface area contributed by atoms with Crippen molar-refractivity contribution in [2.45, 2.75) is 39.3 Å². The van der Waals surface area contributed by atoms with Gasteiger partial charge in [-0.1, -0.05) is 25.4 Å². The summed E-state index contributed by atoms with van der Waals surface area (Å²) in [5, 5.41) is 8.47. The Balaban J connectivity index is 2.78. The molecule has 0 aliphatic rings. The van der Waals surface area contributed by atoms with E-state index in [2.05, 4.69) is 24.3 Å². The fraction of sp³-hybridized carbons (Fsp3) is 0.786. The lowest BCUT2D eigenvalue weighted by Crippen LogP contribution is -2.29. The lowest BCUT2D eigenvalue weighted by molar-refractivity contribution is 0.108. The molecular formula is C14H26ClN3O2. The zero-order valence-corrected chi connectivity index (χ0v) is 13.4. The van der Waals surface area contributed by atoms with Crippen molar-refractivity contribution < 1.29 is 9.47 Å². The molecule has 0 bridgehead atoms. The summed E-state index contributed by atoms with van der Waals surface area (Å²) in [5.74, 6) is 0. The summed E-state index contributed by atoms with van der Waals surface area (Å²) < 4.78 is 12.7. The summed E-state index contributed by atoms with van der Waals surface area (Å²) in [7, 11) is 1.68. The number of methoxy groups -OCH3 is 1. The Morgan fingerprint density at radius 2 is 2.15 bits per heavy atom. The lowest BCUT2D eigenvalue weighted by Gasteiger charge is -2.20. The summed E-state index contributed by atoms with van der Waals surface area (Å²) in [6.45, 7) is 7.83. The highest BCUT2D eigenvalue weighted by Gasteiger charge is 2.20.